The van der Waals surface area contributed by atoms with E-state index < -0.39 is 23.7 Å². The van der Waals surface area contributed by atoms with Gasteiger partial charge in [-0.3, -0.25) is 14.5 Å². The Kier molecular flexibility index (Phi) is 6.24. The summed E-state index contributed by atoms with van der Waals surface area (Å²) in [6, 6.07) is 8.87. The van der Waals surface area contributed by atoms with Gasteiger partial charge in [0.1, 0.15) is 5.00 Å². The highest BCUT2D eigenvalue weighted by molar-refractivity contribution is 7.80. The number of nitrogens with zero attached hydrogens (tertiary/aromatic N) is 2. The Labute approximate surface area is 189 Å². The maximum Gasteiger partial charge on any atom is 0.341 e. The van der Waals surface area contributed by atoms with Crippen LogP contribution in [0.1, 0.15) is 40.6 Å². The van der Waals surface area contributed by atoms with Crippen LogP contribution in [-0.4, -0.2) is 35.7 Å². The van der Waals surface area contributed by atoms with Gasteiger partial charge in [0, 0.05) is 11.1 Å². The number of esters is 1. The van der Waals surface area contributed by atoms with Gasteiger partial charge in [0.2, 0.25) is 5.91 Å². The number of aryl methyl sites for hydroxylation is 1. The third-order valence-electron chi connectivity index (χ3n) is 5.19. The van der Waals surface area contributed by atoms with E-state index in [1.165, 1.54) is 22.5 Å². The van der Waals surface area contributed by atoms with Gasteiger partial charge in [-0.2, -0.15) is 0 Å². The molecule has 1 aliphatic heterocycles. The normalized spacial score (nSPS) is 18.8. The smallest absolute Gasteiger partial charge is 0.341 e. The Hall–Kier alpha value is -2.91. The maximum atomic E-state index is 13.1. The summed E-state index contributed by atoms with van der Waals surface area (Å²) in [5.41, 5.74) is 2.00. The number of carbonyl (C=O) groups excluding carboxylic acids is 3. The summed E-state index contributed by atoms with van der Waals surface area (Å²) in [5.74, 6) is -2.59. The lowest BCUT2D eigenvalue weighted by Gasteiger charge is -2.30. The highest BCUT2D eigenvalue weighted by atomic mass is 32.1. The summed E-state index contributed by atoms with van der Waals surface area (Å²) in [6.45, 7) is 2.02. The highest BCUT2D eigenvalue weighted by Crippen LogP contribution is 2.40. The van der Waals surface area contributed by atoms with Crippen LogP contribution in [0.3, 0.4) is 0 Å². The largest absolute Gasteiger partial charge is 0.462 e. The summed E-state index contributed by atoms with van der Waals surface area (Å²) in [6.07, 6.45) is 5.06. The van der Waals surface area contributed by atoms with E-state index in [1.54, 1.807) is 31.2 Å². The summed E-state index contributed by atoms with van der Waals surface area (Å²) in [4.78, 5) is 45.0. The van der Waals surface area contributed by atoms with Crippen LogP contribution in [0, 0.1) is 5.92 Å². The monoisotopic (exact) mass is 455 g/mol. The van der Waals surface area contributed by atoms with Gasteiger partial charge < -0.3 is 10.1 Å². The molecule has 1 atom stereocenters. The van der Waals surface area contributed by atoms with E-state index in [1.807, 2.05) is 6.07 Å². The molecule has 1 aliphatic carbocycles. The molecule has 9 heteroatoms. The number of rotatable bonds is 5. The summed E-state index contributed by atoms with van der Waals surface area (Å²) < 4.78 is 5.24. The number of hydrogen-bond acceptors (Lipinski definition) is 7. The number of aliphatic imine (C=N–C) groups is 1. The molecule has 2 heterocycles. The number of thiophene rings is 1. The number of fused-ring (bicyclic) bond motifs is 1. The van der Waals surface area contributed by atoms with E-state index in [2.05, 4.69) is 10.3 Å². The van der Waals surface area contributed by atoms with Crippen molar-refractivity contribution in [2.45, 2.75) is 32.6 Å². The van der Waals surface area contributed by atoms with E-state index in [0.717, 1.165) is 36.1 Å². The molecule has 1 fully saturated rings. The van der Waals surface area contributed by atoms with Crippen molar-refractivity contribution >= 4 is 63.4 Å². The average molecular weight is 456 g/mol. The predicted octanol–water partition coefficient (Wildman–Crippen LogP) is 3.57. The predicted molar refractivity (Wildman–Crippen MR) is 123 cm³/mol. The number of thiocarbonyl (C=S) groups is 1. The maximum absolute atomic E-state index is 13.1. The highest BCUT2D eigenvalue weighted by Gasteiger charge is 2.38. The fourth-order valence-corrected chi connectivity index (χ4v) is 5.27. The van der Waals surface area contributed by atoms with Crippen LogP contribution in [0.25, 0.3) is 0 Å². The molecule has 2 aliphatic rings. The van der Waals surface area contributed by atoms with Crippen LogP contribution in [0.4, 0.5) is 10.7 Å². The molecule has 0 spiro atoms. The number of amides is 2. The second-order valence-corrected chi connectivity index (χ2v) is 8.64. The molecule has 0 saturated carbocycles. The molecule has 160 valence electrons. The average Bonchev–Trinajstić information content (AvgIpc) is 3.12. The Morgan fingerprint density at radius 2 is 2.03 bits per heavy atom. The van der Waals surface area contributed by atoms with E-state index >= 15 is 0 Å². The Bertz CT molecular complexity index is 1080. The van der Waals surface area contributed by atoms with Crippen LogP contribution in [-0.2, 0) is 27.2 Å². The first-order valence-corrected chi connectivity index (χ1v) is 11.3. The molecule has 31 heavy (non-hydrogen) atoms. The van der Waals surface area contributed by atoms with Gasteiger partial charge in [0.15, 0.2) is 11.0 Å². The molecule has 7 nitrogen and oxygen atoms in total. The first-order valence-electron chi connectivity index (χ1n) is 10.1. The zero-order chi connectivity index (χ0) is 22.0. The minimum Gasteiger partial charge on any atom is -0.462 e. The molecular formula is C22H21N3O4S2. The third-order valence-corrected chi connectivity index (χ3v) is 6.67. The first kappa shape index (κ1) is 21.3. The quantitative estimate of drug-likeness (QED) is 0.322. The van der Waals surface area contributed by atoms with E-state index in [-0.39, 0.29) is 11.7 Å². The van der Waals surface area contributed by atoms with Crippen LogP contribution in [0.15, 0.2) is 35.3 Å². The van der Waals surface area contributed by atoms with Crippen LogP contribution in [0.5, 0.6) is 0 Å². The number of para-hydroxylation sites is 1. The number of hydrogen-bond donors (Lipinski definition) is 1. The third kappa shape index (κ3) is 4.15. The lowest BCUT2D eigenvalue weighted by Crippen LogP contribution is -2.58. The molecule has 1 aromatic heterocycles. The Morgan fingerprint density at radius 3 is 2.77 bits per heavy atom. The van der Waals surface area contributed by atoms with Crippen molar-refractivity contribution in [2.75, 3.05) is 11.5 Å². The number of nitrogens with one attached hydrogen (secondary N) is 1. The van der Waals surface area contributed by atoms with Gasteiger partial charge in [0.25, 0.3) is 5.91 Å². The number of ether oxygens (including phenoxy) is 1. The minimum atomic E-state index is -1.15. The van der Waals surface area contributed by atoms with Gasteiger partial charge >= 0.3 is 5.97 Å². The van der Waals surface area contributed by atoms with E-state index in [0.29, 0.717) is 16.3 Å². The number of anilines is 1. The van der Waals surface area contributed by atoms with Gasteiger partial charge in [-0.15, -0.1) is 11.3 Å². The van der Waals surface area contributed by atoms with Crippen molar-refractivity contribution < 1.29 is 19.1 Å². The van der Waals surface area contributed by atoms with Crippen molar-refractivity contribution in [1.29, 1.82) is 0 Å². The molecular weight excluding hydrogens is 434 g/mol. The lowest BCUT2D eigenvalue weighted by molar-refractivity contribution is -0.130. The zero-order valence-electron chi connectivity index (χ0n) is 16.9. The van der Waals surface area contributed by atoms with E-state index in [9.17, 15) is 14.4 Å². The minimum absolute atomic E-state index is 0.0321. The Balaban J connectivity index is 1.67. The summed E-state index contributed by atoms with van der Waals surface area (Å²) in [5, 5.41) is 3.08. The van der Waals surface area contributed by atoms with Gasteiger partial charge in [-0.1, -0.05) is 18.2 Å². The topological polar surface area (TPSA) is 88.1 Å². The molecule has 1 saturated heterocycles. The van der Waals surface area contributed by atoms with Crippen LogP contribution in [0.2, 0.25) is 0 Å². The molecule has 2 aromatic rings. The van der Waals surface area contributed by atoms with Crippen molar-refractivity contribution in [3.05, 3.63) is 46.3 Å². The van der Waals surface area contributed by atoms with Gasteiger partial charge in [0.05, 0.1) is 17.9 Å². The molecule has 4 rings (SSSR count). The molecule has 0 unspecified atom stereocenters. The Morgan fingerprint density at radius 1 is 1.29 bits per heavy atom. The second kappa shape index (κ2) is 9.07. The van der Waals surface area contributed by atoms with Crippen molar-refractivity contribution in [3.8, 4) is 0 Å². The molecule has 1 aromatic carbocycles. The molecule has 0 bridgehead atoms. The fraction of sp³-hybridized carbons (Fsp3) is 0.318. The van der Waals surface area contributed by atoms with Crippen molar-refractivity contribution in [1.82, 2.24) is 5.32 Å². The van der Waals surface area contributed by atoms with Crippen LogP contribution >= 0.6 is 23.6 Å². The van der Waals surface area contributed by atoms with Gasteiger partial charge in [-0.05, 0) is 62.5 Å². The molecule has 2 amide bonds. The molecule has 1 N–H and O–H groups in total. The van der Waals surface area contributed by atoms with E-state index in [4.69, 9.17) is 17.0 Å². The number of carbonyl (C=O) groups is 3. The zero-order valence-corrected chi connectivity index (χ0v) is 18.6. The summed E-state index contributed by atoms with van der Waals surface area (Å²) in [7, 11) is 0. The first-order chi connectivity index (χ1) is 15.0. The second-order valence-electron chi connectivity index (χ2n) is 7.17. The lowest BCUT2D eigenvalue weighted by atomic mass is 9.95. The fourth-order valence-electron chi connectivity index (χ4n) is 3.74. The number of benzene rings is 1. The molecule has 0 radical (unpaired) electrons. The van der Waals surface area contributed by atoms with Crippen molar-refractivity contribution in [2.24, 2.45) is 10.9 Å². The van der Waals surface area contributed by atoms with Crippen LogP contribution < -0.4 is 10.2 Å². The van der Waals surface area contributed by atoms with Crippen molar-refractivity contribution in [3.63, 3.8) is 0 Å². The SMILES string of the molecule is CCOC(=O)c1c(N=C[C@@H]2C(=O)NC(=S)N(c3ccccc3)C2=O)sc2c1CCCC2. The summed E-state index contributed by atoms with van der Waals surface area (Å²) >= 11 is 6.63. The van der Waals surface area contributed by atoms with Gasteiger partial charge in [-0.25, -0.2) is 9.79 Å². The standard InChI is InChI=1S/C22H21N3O4S2/c1-2-29-21(28)17-14-10-6-7-11-16(14)31-19(17)23-12-15-18(26)24-22(30)25(20(15)27)13-8-4-3-5-9-13/h3-5,8-9,12,15H,2,6-7,10-11H2,1H3,(H,24,26,30)/t15-/m1/s1.